The van der Waals surface area contributed by atoms with Gasteiger partial charge in [0.15, 0.2) is 10.8 Å². The topological polar surface area (TPSA) is 174 Å². The Balaban J connectivity index is 1.78. The number of nitrogen functional groups attached to an aromatic ring is 1. The van der Waals surface area contributed by atoms with E-state index >= 15 is 0 Å². The molecular formula is C19H22ClN5O7S2. The number of hydrogen-bond donors (Lipinski definition) is 3. The van der Waals surface area contributed by atoms with Crippen LogP contribution in [0.2, 0.25) is 4.34 Å². The summed E-state index contributed by atoms with van der Waals surface area (Å²) in [6, 6.07) is -1.01. The van der Waals surface area contributed by atoms with Gasteiger partial charge in [-0.3, -0.25) is 14.5 Å². The first-order valence-electron chi connectivity index (χ1n) is 9.82. The maximum absolute atomic E-state index is 13.0. The predicted molar refractivity (Wildman–Crippen MR) is 125 cm³/mol. The zero-order chi connectivity index (χ0) is 25.4. The molecule has 0 spiro atoms. The number of thiazole rings is 1. The van der Waals surface area contributed by atoms with Gasteiger partial charge in [0, 0.05) is 5.75 Å². The van der Waals surface area contributed by atoms with Crippen molar-refractivity contribution in [1.82, 2.24) is 15.2 Å². The van der Waals surface area contributed by atoms with Gasteiger partial charge in [-0.05, 0) is 33.3 Å². The lowest BCUT2D eigenvalue weighted by Crippen LogP contribution is -2.71. The van der Waals surface area contributed by atoms with Crippen LogP contribution in [0.5, 0.6) is 0 Å². The number of ether oxygens (including phenoxy) is 1. The van der Waals surface area contributed by atoms with Gasteiger partial charge in [0.05, 0.1) is 0 Å². The van der Waals surface area contributed by atoms with Crippen LogP contribution in [0.25, 0.3) is 0 Å². The zero-order valence-corrected chi connectivity index (χ0v) is 21.0. The summed E-state index contributed by atoms with van der Waals surface area (Å²) in [6.07, 6.45) is 0. The Morgan fingerprint density at radius 2 is 2.06 bits per heavy atom. The number of aromatic nitrogens is 1. The van der Waals surface area contributed by atoms with E-state index in [0.29, 0.717) is 11.3 Å². The van der Waals surface area contributed by atoms with Crippen LogP contribution >= 0.6 is 34.7 Å². The molecular weight excluding hydrogens is 510 g/mol. The van der Waals surface area contributed by atoms with Crippen molar-refractivity contribution in [3.63, 3.8) is 0 Å². The fourth-order valence-electron chi connectivity index (χ4n) is 3.16. The van der Waals surface area contributed by atoms with Gasteiger partial charge < -0.3 is 25.7 Å². The largest absolute Gasteiger partial charge is 0.477 e. The Bertz CT molecular complexity index is 1110. The number of rotatable bonds is 7. The van der Waals surface area contributed by atoms with Crippen molar-refractivity contribution in [1.29, 1.82) is 0 Å². The molecule has 0 radical (unpaired) electrons. The number of thioether (sulfide) groups is 1. The van der Waals surface area contributed by atoms with Crippen molar-refractivity contribution >= 4 is 69.3 Å². The van der Waals surface area contributed by atoms with Gasteiger partial charge in [-0.15, -0.1) is 11.8 Å². The van der Waals surface area contributed by atoms with E-state index in [-0.39, 0.29) is 20.9 Å². The molecule has 12 nitrogen and oxygen atoms in total. The van der Waals surface area contributed by atoms with E-state index in [2.05, 4.69) is 15.5 Å². The molecule has 1 saturated heterocycles. The lowest BCUT2D eigenvalue weighted by Gasteiger charge is -2.49. The summed E-state index contributed by atoms with van der Waals surface area (Å²) >= 11 is 8.34. The van der Waals surface area contributed by atoms with Gasteiger partial charge in [0.2, 0.25) is 6.61 Å². The second kappa shape index (κ2) is 9.80. The molecule has 0 bridgehead atoms. The van der Waals surface area contributed by atoms with Gasteiger partial charge in [-0.2, -0.15) is 0 Å². The molecule has 3 rings (SSSR count). The number of amides is 2. The molecule has 3 heterocycles. The van der Waals surface area contributed by atoms with Crippen molar-refractivity contribution in [3.05, 3.63) is 21.3 Å². The summed E-state index contributed by atoms with van der Waals surface area (Å²) in [6.45, 7) is 6.08. The highest BCUT2D eigenvalue weighted by Gasteiger charge is 2.54. The van der Waals surface area contributed by atoms with Crippen LogP contribution in [0.15, 0.2) is 16.4 Å². The molecule has 34 heavy (non-hydrogen) atoms. The number of fused-ring (bicyclic) bond motifs is 1. The molecule has 2 amide bonds. The van der Waals surface area contributed by atoms with Crippen LogP contribution in [-0.2, 0) is 28.8 Å². The summed E-state index contributed by atoms with van der Waals surface area (Å²) < 4.78 is 5.17. The third kappa shape index (κ3) is 5.45. The Hall–Kier alpha value is -2.84. The number of esters is 1. The molecule has 1 unspecified atom stereocenters. The van der Waals surface area contributed by atoms with E-state index in [9.17, 15) is 24.3 Å². The molecule has 1 aromatic heterocycles. The van der Waals surface area contributed by atoms with Crippen LogP contribution in [-0.4, -0.2) is 73.8 Å². The van der Waals surface area contributed by atoms with Crippen LogP contribution in [0.1, 0.15) is 33.4 Å². The van der Waals surface area contributed by atoms with E-state index < -0.39 is 53.1 Å². The van der Waals surface area contributed by atoms with Crippen molar-refractivity contribution < 1.29 is 33.9 Å². The second-order valence-electron chi connectivity index (χ2n) is 8.27. The molecule has 0 aromatic carbocycles. The number of hydrogen-bond acceptors (Lipinski definition) is 11. The summed E-state index contributed by atoms with van der Waals surface area (Å²) in [5.41, 5.74) is 4.88. The molecule has 4 N–H and O–H groups in total. The van der Waals surface area contributed by atoms with Crippen molar-refractivity contribution in [3.8, 4) is 0 Å². The number of carbonyl (C=O) groups is 4. The predicted octanol–water partition coefficient (Wildman–Crippen LogP) is 1.20. The number of carboxylic acids is 1. The first kappa shape index (κ1) is 25.8. The number of aliphatic carboxylic acids is 1. The highest BCUT2D eigenvalue weighted by Crippen LogP contribution is 2.40. The summed E-state index contributed by atoms with van der Waals surface area (Å²) in [5, 5.41) is 15.1. The average Bonchev–Trinajstić information content (AvgIpc) is 3.05. The minimum absolute atomic E-state index is 0.0487. The fraction of sp³-hybridized carbons (Fsp3) is 0.474. The molecule has 0 saturated carbocycles. The molecule has 2 atom stereocenters. The minimum Gasteiger partial charge on any atom is -0.477 e. The standard InChI is InChI=1S/C19H22ClN5O7S2/c1-7-6-33-16-11(15(28)25(16)12(7)17(29)30)22-14(27)10(9-13(20)34-18(21)23-9)24-31-5-8(26)32-19(2,3)4/h11,16H,5-6H2,1-4H3,(H2,21,23)(H,22,27)(H,29,30)/b24-10-/t11?,16-/m0/s1. The Kier molecular flexibility index (Phi) is 7.43. The Labute approximate surface area is 207 Å². The van der Waals surface area contributed by atoms with E-state index in [0.717, 1.165) is 16.2 Å². The zero-order valence-electron chi connectivity index (χ0n) is 18.6. The third-order valence-electron chi connectivity index (χ3n) is 4.45. The molecule has 2 aliphatic heterocycles. The van der Waals surface area contributed by atoms with Crippen LogP contribution in [0.4, 0.5) is 5.13 Å². The Morgan fingerprint density at radius 3 is 2.62 bits per heavy atom. The van der Waals surface area contributed by atoms with Crippen LogP contribution in [0.3, 0.4) is 0 Å². The SMILES string of the molecule is CC1=C(C(=O)O)N2C(=O)C(NC(=O)/C(=N\OCC(=O)OC(C)(C)C)c3nc(N)sc3Cl)[C@@H]2SC1. The van der Waals surface area contributed by atoms with Crippen LogP contribution in [0, 0.1) is 0 Å². The number of carbonyl (C=O) groups excluding carboxylic acids is 3. The van der Waals surface area contributed by atoms with Gasteiger partial charge in [0.25, 0.3) is 11.8 Å². The molecule has 15 heteroatoms. The van der Waals surface area contributed by atoms with Gasteiger partial charge in [0.1, 0.15) is 32.7 Å². The summed E-state index contributed by atoms with van der Waals surface area (Å²) in [4.78, 5) is 59.3. The highest BCUT2D eigenvalue weighted by molar-refractivity contribution is 8.00. The quantitative estimate of drug-likeness (QED) is 0.201. The first-order valence-corrected chi connectivity index (χ1v) is 12.1. The monoisotopic (exact) mass is 531 g/mol. The molecule has 184 valence electrons. The minimum atomic E-state index is -1.22. The maximum Gasteiger partial charge on any atom is 0.352 e. The Morgan fingerprint density at radius 1 is 1.38 bits per heavy atom. The van der Waals surface area contributed by atoms with E-state index in [1.54, 1.807) is 27.7 Å². The van der Waals surface area contributed by atoms with Crippen molar-refractivity contribution in [2.75, 3.05) is 18.1 Å². The number of nitrogens with zero attached hydrogens (tertiary/aromatic N) is 3. The van der Waals surface area contributed by atoms with Crippen LogP contribution < -0.4 is 11.1 Å². The lowest BCUT2D eigenvalue weighted by molar-refractivity contribution is -0.160. The second-order valence-corrected chi connectivity index (χ2v) is 11.0. The lowest BCUT2D eigenvalue weighted by atomic mass is 10.0. The number of nitrogens with one attached hydrogen (secondary N) is 1. The summed E-state index contributed by atoms with van der Waals surface area (Å²) in [5.74, 6) is -3.00. The average molecular weight is 532 g/mol. The van der Waals surface area contributed by atoms with Crippen molar-refractivity contribution in [2.45, 2.75) is 44.7 Å². The van der Waals surface area contributed by atoms with E-state index in [4.69, 9.17) is 26.9 Å². The normalized spacial score (nSPS) is 20.4. The van der Waals surface area contributed by atoms with Gasteiger partial charge in [-0.1, -0.05) is 28.1 Å². The highest BCUT2D eigenvalue weighted by atomic mass is 35.5. The number of oxime groups is 1. The molecule has 0 aliphatic carbocycles. The molecule has 1 aromatic rings. The van der Waals surface area contributed by atoms with Gasteiger partial charge >= 0.3 is 11.9 Å². The smallest absolute Gasteiger partial charge is 0.352 e. The summed E-state index contributed by atoms with van der Waals surface area (Å²) in [7, 11) is 0. The maximum atomic E-state index is 13.0. The van der Waals surface area contributed by atoms with Crippen molar-refractivity contribution in [2.24, 2.45) is 5.16 Å². The van der Waals surface area contributed by atoms with E-state index in [1.807, 2.05) is 0 Å². The third-order valence-corrected chi connectivity index (χ3v) is 6.96. The number of halogens is 1. The number of anilines is 1. The van der Waals surface area contributed by atoms with Gasteiger partial charge in [-0.25, -0.2) is 14.6 Å². The fourth-order valence-corrected chi connectivity index (χ4v) is 5.38. The molecule has 2 aliphatic rings. The van der Waals surface area contributed by atoms with E-state index in [1.165, 1.54) is 11.8 Å². The first-order chi connectivity index (χ1) is 15.8. The molecule has 1 fully saturated rings. The number of carboxylic acid groups (broad SMARTS) is 1. The number of nitrogens with two attached hydrogens (primary N) is 1. The number of β-lactam (4-membered cyclic amide) rings is 1.